The first-order valence-corrected chi connectivity index (χ1v) is 17.6. The molecule has 3 aliphatic carbocycles. The van der Waals surface area contributed by atoms with Gasteiger partial charge >= 0.3 is 5.97 Å². The van der Waals surface area contributed by atoms with E-state index in [0.29, 0.717) is 35.1 Å². The summed E-state index contributed by atoms with van der Waals surface area (Å²) in [5.74, 6) is -3.30. The normalized spacial score (nSPS) is 39.3. The second kappa shape index (κ2) is 11.9. The van der Waals surface area contributed by atoms with Gasteiger partial charge in [0.1, 0.15) is 23.4 Å². The second-order valence-electron chi connectivity index (χ2n) is 16.2. The molecule has 5 N–H and O–H groups in total. The molecular formula is C39H49NO10. The van der Waals surface area contributed by atoms with Gasteiger partial charge in [-0.1, -0.05) is 69.3 Å². The monoisotopic (exact) mass is 691 g/mol. The smallest absolute Gasteiger partial charge is 0.338 e. The van der Waals surface area contributed by atoms with Crippen LogP contribution in [0, 0.1) is 16.7 Å². The summed E-state index contributed by atoms with van der Waals surface area (Å²) < 4.78 is 25.7. The van der Waals surface area contributed by atoms with Gasteiger partial charge in [0.25, 0.3) is 5.91 Å². The van der Waals surface area contributed by atoms with Gasteiger partial charge in [-0.2, -0.15) is 0 Å². The number of benzene rings is 2. The Kier molecular flexibility index (Phi) is 8.42. The summed E-state index contributed by atoms with van der Waals surface area (Å²) in [6.07, 6.45) is -5.69. The van der Waals surface area contributed by atoms with Crippen molar-refractivity contribution in [3.8, 4) is 0 Å². The number of hydrogen-bond donors (Lipinski definition) is 5. The maximum absolute atomic E-state index is 14.0. The average molecular weight is 692 g/mol. The maximum atomic E-state index is 14.0. The van der Waals surface area contributed by atoms with Crippen LogP contribution in [-0.2, 0) is 23.7 Å². The van der Waals surface area contributed by atoms with Crippen molar-refractivity contribution in [3.63, 3.8) is 0 Å². The molecule has 50 heavy (non-hydrogen) atoms. The Bertz CT molecular complexity index is 1680. The fraction of sp³-hybridized carbons (Fsp3) is 0.590. The third-order valence-electron chi connectivity index (χ3n) is 12.6. The fourth-order valence-electron chi connectivity index (χ4n) is 10.00. The molecule has 1 spiro atoms. The minimum Gasteiger partial charge on any atom is -0.456 e. The van der Waals surface area contributed by atoms with Gasteiger partial charge in [0.05, 0.1) is 31.0 Å². The number of amides is 1. The number of esters is 1. The summed E-state index contributed by atoms with van der Waals surface area (Å²) in [5, 5.41) is 50.9. The van der Waals surface area contributed by atoms with Crippen LogP contribution in [0.4, 0.5) is 0 Å². The molecule has 7 rings (SSSR count). The Morgan fingerprint density at radius 3 is 2.24 bits per heavy atom. The van der Waals surface area contributed by atoms with Crippen molar-refractivity contribution < 1.29 is 49.0 Å². The third-order valence-corrected chi connectivity index (χ3v) is 12.6. The quantitative estimate of drug-likeness (QED) is 0.224. The summed E-state index contributed by atoms with van der Waals surface area (Å²) in [6, 6.07) is 16.1. The number of aliphatic hydroxyl groups excluding tert-OH is 3. The molecule has 2 aliphatic heterocycles. The molecule has 2 saturated carbocycles. The Morgan fingerprint density at radius 1 is 0.980 bits per heavy atom. The molecule has 2 saturated heterocycles. The largest absolute Gasteiger partial charge is 0.456 e. The van der Waals surface area contributed by atoms with Crippen molar-refractivity contribution in [2.24, 2.45) is 16.7 Å². The molecule has 2 aromatic rings. The molecular weight excluding hydrogens is 642 g/mol. The minimum absolute atomic E-state index is 0.0550. The Labute approximate surface area is 292 Å². The van der Waals surface area contributed by atoms with Gasteiger partial charge in [-0.15, -0.1) is 0 Å². The first-order valence-electron chi connectivity index (χ1n) is 17.6. The predicted octanol–water partition coefficient (Wildman–Crippen LogP) is 3.35. The summed E-state index contributed by atoms with van der Waals surface area (Å²) >= 11 is 0. The highest BCUT2D eigenvalue weighted by Crippen LogP contribution is 2.67. The molecule has 270 valence electrons. The molecule has 0 unspecified atom stereocenters. The number of ether oxygens (including phenoxy) is 4. The standard InChI is InChI=1S/C39H49NO10/c1-21-24(48-34(45)29(42)27(22-13-9-7-10-14-22)40-33(44)23-15-11-8-12-16-23)19-39-32(49-36(4,5)50-39)30-37(6,18-17-25-38(30,46)20-47-25)31(43)28(41)26(21)35(39,2)3/h7-16,24-25,27-32,41-43,46H,17-20H2,1-6H3,(H,40,44)/t24-,25+,27-,28+,29+,30-,31-,32-,37+,38-,39+/m0/s1. The molecule has 2 heterocycles. The second-order valence-corrected chi connectivity index (χ2v) is 16.2. The lowest BCUT2D eigenvalue weighted by Crippen LogP contribution is -2.78. The van der Waals surface area contributed by atoms with Crippen LogP contribution in [0.15, 0.2) is 71.8 Å². The maximum Gasteiger partial charge on any atom is 0.338 e. The van der Waals surface area contributed by atoms with Crippen molar-refractivity contribution in [3.05, 3.63) is 82.9 Å². The van der Waals surface area contributed by atoms with E-state index in [-0.39, 0.29) is 13.0 Å². The highest BCUT2D eigenvalue weighted by Gasteiger charge is 2.77. The molecule has 0 radical (unpaired) electrons. The van der Waals surface area contributed by atoms with Gasteiger partial charge in [-0.25, -0.2) is 4.79 Å². The number of rotatable bonds is 6. The predicted molar refractivity (Wildman–Crippen MR) is 180 cm³/mol. The van der Waals surface area contributed by atoms with Crippen molar-refractivity contribution in [2.75, 3.05) is 6.61 Å². The van der Waals surface area contributed by atoms with Crippen LogP contribution in [0.3, 0.4) is 0 Å². The van der Waals surface area contributed by atoms with Crippen molar-refractivity contribution >= 4 is 11.9 Å². The summed E-state index contributed by atoms with van der Waals surface area (Å²) in [7, 11) is 0. The van der Waals surface area contributed by atoms with Crippen LogP contribution in [0.25, 0.3) is 0 Å². The van der Waals surface area contributed by atoms with Crippen LogP contribution in [-0.4, -0.2) is 92.5 Å². The zero-order valence-corrected chi connectivity index (χ0v) is 29.5. The van der Waals surface area contributed by atoms with Crippen molar-refractivity contribution in [1.29, 1.82) is 0 Å². The SMILES string of the molecule is CC1=C2[C@@H](O)[C@H](O)[C@]3(C)CC[C@H]4OC[C@@]4(O)[C@H]3[C@@H]3OC(C)(C)O[C@@]3(C[C@@H]1OC(=O)[C@H](O)[C@@H](NC(=O)c1ccccc1)c1ccccc1)C2(C)C. The van der Waals surface area contributed by atoms with Gasteiger partial charge in [-0.3, -0.25) is 4.79 Å². The van der Waals surface area contributed by atoms with E-state index in [1.54, 1.807) is 81.4 Å². The van der Waals surface area contributed by atoms with Crippen LogP contribution in [0.1, 0.15) is 82.8 Å². The summed E-state index contributed by atoms with van der Waals surface area (Å²) in [6.45, 7) is 11.2. The molecule has 11 nitrogen and oxygen atoms in total. The van der Waals surface area contributed by atoms with Crippen LogP contribution < -0.4 is 5.32 Å². The van der Waals surface area contributed by atoms with Gasteiger partial charge in [0.2, 0.25) is 0 Å². The molecule has 5 aliphatic rings. The first-order chi connectivity index (χ1) is 23.5. The lowest BCUT2D eigenvalue weighted by molar-refractivity contribution is -0.337. The Hall–Kier alpha value is -3.16. The first kappa shape index (κ1) is 35.3. The highest BCUT2D eigenvalue weighted by atomic mass is 16.8. The van der Waals surface area contributed by atoms with Crippen LogP contribution >= 0.6 is 0 Å². The Balaban J connectivity index is 1.28. The lowest BCUT2D eigenvalue weighted by Gasteiger charge is -2.67. The number of carbonyl (C=O) groups excluding carboxylic acids is 2. The van der Waals surface area contributed by atoms with Crippen LogP contribution in [0.2, 0.25) is 0 Å². The van der Waals surface area contributed by atoms with E-state index in [2.05, 4.69) is 5.32 Å². The van der Waals surface area contributed by atoms with Gasteiger partial charge in [0.15, 0.2) is 11.9 Å². The molecule has 0 aromatic heterocycles. The highest BCUT2D eigenvalue weighted by molar-refractivity contribution is 5.95. The van der Waals surface area contributed by atoms with E-state index in [0.717, 1.165) is 0 Å². The van der Waals surface area contributed by atoms with E-state index in [1.807, 2.05) is 20.8 Å². The molecule has 4 fully saturated rings. The molecule has 2 bridgehead atoms. The van der Waals surface area contributed by atoms with Crippen molar-refractivity contribution in [1.82, 2.24) is 5.32 Å². The van der Waals surface area contributed by atoms with Crippen molar-refractivity contribution in [2.45, 2.75) is 120 Å². The topological polar surface area (TPSA) is 164 Å². The molecule has 1 amide bonds. The van der Waals surface area contributed by atoms with E-state index in [1.165, 1.54) is 0 Å². The fourth-order valence-corrected chi connectivity index (χ4v) is 10.00. The Morgan fingerprint density at radius 2 is 1.62 bits per heavy atom. The summed E-state index contributed by atoms with van der Waals surface area (Å²) in [4.78, 5) is 27.3. The zero-order valence-electron chi connectivity index (χ0n) is 29.5. The number of fused-ring (bicyclic) bond motifs is 5. The molecule has 2 aromatic carbocycles. The molecule has 11 atom stereocenters. The van der Waals surface area contributed by atoms with Gasteiger partial charge in [0, 0.05) is 28.7 Å². The number of carbonyl (C=O) groups is 2. The molecule has 11 heteroatoms. The minimum atomic E-state index is -1.81. The number of hydrogen-bond acceptors (Lipinski definition) is 10. The lowest BCUT2D eigenvalue weighted by atomic mass is 9.45. The van der Waals surface area contributed by atoms with E-state index in [4.69, 9.17) is 18.9 Å². The van der Waals surface area contributed by atoms with Gasteiger partial charge < -0.3 is 44.7 Å². The summed E-state index contributed by atoms with van der Waals surface area (Å²) in [5.41, 5.74) is -2.68. The average Bonchev–Trinajstić information content (AvgIpc) is 3.35. The van der Waals surface area contributed by atoms with E-state index in [9.17, 15) is 30.0 Å². The van der Waals surface area contributed by atoms with E-state index >= 15 is 0 Å². The van der Waals surface area contributed by atoms with Crippen LogP contribution in [0.5, 0.6) is 0 Å². The number of aliphatic hydroxyl groups is 4. The van der Waals surface area contributed by atoms with E-state index < -0.39 is 88.3 Å². The zero-order chi connectivity index (χ0) is 36.0. The third kappa shape index (κ3) is 5.11. The number of nitrogens with one attached hydrogen (secondary N) is 1. The van der Waals surface area contributed by atoms with Gasteiger partial charge in [-0.05, 0) is 62.5 Å².